The van der Waals surface area contributed by atoms with E-state index in [1.807, 2.05) is 19.1 Å². The highest BCUT2D eigenvalue weighted by atomic mass is 16.6. The monoisotopic (exact) mass is 474 g/mol. The topological polar surface area (TPSA) is 92.0 Å². The molecule has 7 nitrogen and oxygen atoms in total. The van der Waals surface area contributed by atoms with E-state index >= 15 is 0 Å². The van der Waals surface area contributed by atoms with Crippen LogP contribution in [0.1, 0.15) is 37.0 Å². The van der Waals surface area contributed by atoms with Crippen LogP contribution >= 0.6 is 0 Å². The van der Waals surface area contributed by atoms with Crippen LogP contribution in [-0.4, -0.2) is 31.8 Å². The molecule has 0 unspecified atom stereocenters. The summed E-state index contributed by atoms with van der Waals surface area (Å²) < 4.78 is 22.1. The molecule has 1 aliphatic carbocycles. The Hall–Kier alpha value is -4.13. The number of hydrogen-bond donors (Lipinski definition) is 0. The first-order valence-electron chi connectivity index (χ1n) is 11.6. The van der Waals surface area contributed by atoms with Gasteiger partial charge in [-0.2, -0.15) is 0 Å². The Morgan fingerprint density at radius 1 is 0.914 bits per heavy atom. The fraction of sp³-hybridized carbons (Fsp3) is 0.250. The second-order valence-corrected chi connectivity index (χ2v) is 7.92. The van der Waals surface area contributed by atoms with Crippen LogP contribution in [0.3, 0.4) is 0 Å². The maximum absolute atomic E-state index is 12.7. The highest BCUT2D eigenvalue weighted by Gasteiger charge is 2.22. The molecular weight excluding hydrogens is 448 g/mol. The van der Waals surface area contributed by atoms with Gasteiger partial charge < -0.3 is 18.6 Å². The molecule has 35 heavy (non-hydrogen) atoms. The molecule has 0 N–H and O–H groups in total. The minimum Gasteiger partial charge on any atom is -0.482 e. The molecule has 0 amide bonds. The predicted octanol–water partition coefficient (Wildman–Crippen LogP) is 5.46. The largest absolute Gasteiger partial charge is 0.482 e. The smallest absolute Gasteiger partial charge is 0.344 e. The van der Waals surface area contributed by atoms with Gasteiger partial charge in [0.1, 0.15) is 17.1 Å². The molecule has 0 aromatic heterocycles. The molecule has 0 bridgehead atoms. The van der Waals surface area contributed by atoms with Gasteiger partial charge in [-0.3, -0.25) is 4.79 Å². The van der Waals surface area contributed by atoms with Crippen molar-refractivity contribution in [3.63, 3.8) is 0 Å². The zero-order valence-corrected chi connectivity index (χ0v) is 19.7. The van der Waals surface area contributed by atoms with Crippen LogP contribution in [0.15, 0.2) is 69.9 Å². The first-order valence-corrected chi connectivity index (χ1v) is 11.6. The molecule has 7 heteroatoms. The van der Waals surface area contributed by atoms with Crippen LogP contribution in [0.4, 0.5) is 0 Å². The lowest BCUT2D eigenvalue weighted by Crippen LogP contribution is -2.15. The molecule has 0 atom stereocenters. The van der Waals surface area contributed by atoms with E-state index in [1.54, 1.807) is 43.3 Å². The molecule has 0 saturated carbocycles. The maximum Gasteiger partial charge on any atom is 0.344 e. The van der Waals surface area contributed by atoms with Crippen LogP contribution in [-0.2, 0) is 14.3 Å². The molecule has 1 heterocycles. The summed E-state index contributed by atoms with van der Waals surface area (Å²) >= 11 is 0. The van der Waals surface area contributed by atoms with Crippen LogP contribution in [0.5, 0.6) is 5.75 Å². The number of ether oxygens (including phenoxy) is 3. The Balaban J connectivity index is 1.80. The van der Waals surface area contributed by atoms with Gasteiger partial charge in [0.25, 0.3) is 0 Å². The summed E-state index contributed by atoms with van der Waals surface area (Å²) in [5.74, 6) is -0.105. The maximum atomic E-state index is 12.7. The Morgan fingerprint density at radius 2 is 1.74 bits per heavy atom. The van der Waals surface area contributed by atoms with Gasteiger partial charge in [-0.1, -0.05) is 31.5 Å². The molecule has 2 aromatic rings. The lowest BCUT2D eigenvalue weighted by molar-refractivity contribution is -0.146. The third-order valence-corrected chi connectivity index (χ3v) is 5.47. The third-order valence-electron chi connectivity index (χ3n) is 5.47. The third kappa shape index (κ3) is 5.35. The van der Waals surface area contributed by atoms with E-state index in [2.05, 4.69) is 0 Å². The van der Waals surface area contributed by atoms with Crippen molar-refractivity contribution in [2.45, 2.75) is 26.7 Å². The van der Waals surface area contributed by atoms with Crippen LogP contribution < -0.4 is 10.2 Å². The quantitative estimate of drug-likeness (QED) is 0.181. The predicted molar refractivity (Wildman–Crippen MR) is 132 cm³/mol. The summed E-state index contributed by atoms with van der Waals surface area (Å²) in [4.78, 5) is 36.7. The van der Waals surface area contributed by atoms with Gasteiger partial charge in [0.05, 0.1) is 18.8 Å². The molecule has 0 spiro atoms. The van der Waals surface area contributed by atoms with Crippen LogP contribution in [0.2, 0.25) is 0 Å². The van der Waals surface area contributed by atoms with E-state index < -0.39 is 11.9 Å². The molecule has 0 saturated heterocycles. The summed E-state index contributed by atoms with van der Waals surface area (Å²) in [7, 11) is 0. The normalized spacial score (nSPS) is 10.9. The molecule has 2 aliphatic rings. The summed E-state index contributed by atoms with van der Waals surface area (Å²) in [5.41, 5.74) is 2.71. The van der Waals surface area contributed by atoms with Crippen LogP contribution in [0, 0.1) is 0 Å². The van der Waals surface area contributed by atoms with Gasteiger partial charge in [-0.25, -0.2) is 9.59 Å². The zero-order valence-electron chi connectivity index (χ0n) is 19.7. The van der Waals surface area contributed by atoms with Crippen molar-refractivity contribution in [3.8, 4) is 28.2 Å². The summed E-state index contributed by atoms with van der Waals surface area (Å²) in [6.07, 6.45) is 1.73. The van der Waals surface area contributed by atoms with Crippen molar-refractivity contribution in [1.82, 2.24) is 0 Å². The standard InChI is InChI=1S/C28H26O7/c1-3-5-14-33-26(30)17-34-19-11-13-23-25(16-19)35-24-15-18(29)10-12-22(24)27(23)20-8-6-7-9-21(20)28(31)32-4-2/h6-13,15-16H,3-5,14,17H2,1-2H3. The Morgan fingerprint density at radius 3 is 2.54 bits per heavy atom. The molecule has 0 fully saturated rings. The fourth-order valence-corrected chi connectivity index (χ4v) is 3.83. The van der Waals surface area contributed by atoms with Gasteiger partial charge in [-0.05, 0) is 49.2 Å². The second kappa shape index (κ2) is 10.9. The number of esters is 2. The van der Waals surface area contributed by atoms with Gasteiger partial charge in [0.15, 0.2) is 12.0 Å². The molecule has 2 aromatic carbocycles. The van der Waals surface area contributed by atoms with E-state index in [9.17, 15) is 14.4 Å². The van der Waals surface area contributed by atoms with E-state index in [0.717, 1.165) is 18.4 Å². The summed E-state index contributed by atoms with van der Waals surface area (Å²) in [6, 6.07) is 16.9. The molecule has 1 aliphatic heterocycles. The number of rotatable bonds is 9. The Labute approximate surface area is 202 Å². The van der Waals surface area contributed by atoms with E-state index in [0.29, 0.717) is 45.8 Å². The molecule has 180 valence electrons. The summed E-state index contributed by atoms with van der Waals surface area (Å²) in [5, 5.41) is 0.714. The number of unbranched alkanes of at least 4 members (excludes halogenated alkanes) is 1. The number of benzene rings is 3. The molecular formula is C28H26O7. The van der Waals surface area contributed by atoms with Gasteiger partial charge in [0.2, 0.25) is 0 Å². The van der Waals surface area contributed by atoms with Crippen molar-refractivity contribution >= 4 is 22.9 Å². The SMILES string of the molecule is CCCCOC(=O)COc1ccc2c(-c3ccccc3C(=O)OCC)c3ccc(=O)cc-3oc2c1. The van der Waals surface area contributed by atoms with Crippen LogP contribution in [0.25, 0.3) is 33.4 Å². The first kappa shape index (κ1) is 24.0. The zero-order chi connectivity index (χ0) is 24.8. The lowest BCUT2D eigenvalue weighted by atomic mass is 9.91. The molecule has 4 rings (SSSR count). The van der Waals surface area contributed by atoms with Gasteiger partial charge in [-0.15, -0.1) is 0 Å². The number of carbonyl (C=O) groups excluding carboxylic acids is 2. The summed E-state index contributed by atoms with van der Waals surface area (Å²) in [6.45, 7) is 4.15. The second-order valence-electron chi connectivity index (χ2n) is 7.92. The molecule has 0 radical (unpaired) electrons. The minimum atomic E-state index is -0.450. The highest BCUT2D eigenvalue weighted by molar-refractivity contribution is 6.07. The van der Waals surface area contributed by atoms with Crippen molar-refractivity contribution in [1.29, 1.82) is 0 Å². The van der Waals surface area contributed by atoms with Crippen molar-refractivity contribution < 1.29 is 28.2 Å². The Bertz CT molecular complexity index is 1390. The minimum absolute atomic E-state index is 0.201. The fourth-order valence-electron chi connectivity index (χ4n) is 3.83. The number of fused-ring (bicyclic) bond motifs is 2. The van der Waals surface area contributed by atoms with E-state index in [1.165, 1.54) is 12.1 Å². The lowest BCUT2D eigenvalue weighted by Gasteiger charge is -2.17. The van der Waals surface area contributed by atoms with Gasteiger partial charge in [0, 0.05) is 28.6 Å². The Kier molecular flexibility index (Phi) is 7.45. The van der Waals surface area contributed by atoms with Crippen molar-refractivity contribution in [2.24, 2.45) is 0 Å². The average molecular weight is 475 g/mol. The first-order chi connectivity index (χ1) is 17.0. The van der Waals surface area contributed by atoms with Gasteiger partial charge >= 0.3 is 11.9 Å². The van der Waals surface area contributed by atoms with E-state index in [4.69, 9.17) is 18.6 Å². The van der Waals surface area contributed by atoms with E-state index in [-0.39, 0.29) is 18.6 Å². The van der Waals surface area contributed by atoms with Crippen molar-refractivity contribution in [2.75, 3.05) is 19.8 Å². The average Bonchev–Trinajstić information content (AvgIpc) is 2.86. The number of hydrogen-bond acceptors (Lipinski definition) is 7. The highest BCUT2D eigenvalue weighted by Crippen LogP contribution is 2.42. The number of carbonyl (C=O) groups is 2. The van der Waals surface area contributed by atoms with Crippen molar-refractivity contribution in [3.05, 3.63) is 76.5 Å².